The first-order chi connectivity index (χ1) is 18.9. The van der Waals surface area contributed by atoms with E-state index in [1.54, 1.807) is 17.4 Å². The van der Waals surface area contributed by atoms with Crippen LogP contribution in [0.25, 0.3) is 54.7 Å². The van der Waals surface area contributed by atoms with Crippen molar-refractivity contribution in [3.8, 4) is 22.5 Å². The second-order valence-corrected chi connectivity index (χ2v) is 9.31. The number of rotatable bonds is 2. The van der Waals surface area contributed by atoms with Gasteiger partial charge in [0, 0.05) is 68.7 Å². The Labute approximate surface area is 236 Å². The molecule has 0 unspecified atom stereocenters. The molecular weight excluding hydrogens is 655 g/mol. The maximum Gasteiger partial charge on any atom is 0.227 e. The van der Waals surface area contributed by atoms with Gasteiger partial charge in [0.1, 0.15) is 5.58 Å². The Morgan fingerprint density at radius 2 is 1.81 bits per heavy atom. The maximum atomic E-state index is 7.54. The van der Waals surface area contributed by atoms with E-state index in [1.807, 2.05) is 85.4 Å². The van der Waals surface area contributed by atoms with E-state index < -0.39 is 6.85 Å². The standard InChI is InChI=1S/C19H12N2OS.C12H10N.Ir/c1-11-5-6-14-13-3-2-4-15(18(13)22-19(14)21-11)16-9-17-12(10-20-16)7-8-23-17;1-10-7-8-12(13-9-10)11-5-3-2-4-6-11;/h2-10H,1H3;2-5,7-9H,1H3;/q;-1;/i1D3;;. The zero-order valence-corrected chi connectivity index (χ0v) is 22.9. The molecule has 2 aromatic carbocycles. The molecule has 0 aliphatic carbocycles. The van der Waals surface area contributed by atoms with E-state index in [-0.39, 0.29) is 25.8 Å². The van der Waals surface area contributed by atoms with E-state index in [9.17, 15) is 0 Å². The molecule has 7 aromatic rings. The second-order valence-electron chi connectivity index (χ2n) is 8.36. The molecular formula is C31H22IrN3OS-. The van der Waals surface area contributed by atoms with Gasteiger partial charge in [-0.2, -0.15) is 0 Å². The monoisotopic (exact) mass is 680 g/mol. The van der Waals surface area contributed by atoms with Crippen molar-refractivity contribution >= 4 is 43.5 Å². The zero-order chi connectivity index (χ0) is 27.0. The van der Waals surface area contributed by atoms with E-state index in [1.165, 1.54) is 11.6 Å². The third kappa shape index (κ3) is 5.09. The molecule has 0 aliphatic rings. The summed E-state index contributed by atoms with van der Waals surface area (Å²) in [6.45, 7) is -0.229. The summed E-state index contributed by atoms with van der Waals surface area (Å²) >= 11 is 1.67. The maximum absolute atomic E-state index is 7.54. The van der Waals surface area contributed by atoms with Gasteiger partial charge in [0.15, 0.2) is 0 Å². The molecule has 0 saturated heterocycles. The van der Waals surface area contributed by atoms with Crippen molar-refractivity contribution in [1.29, 1.82) is 0 Å². The number of thiophene rings is 1. The van der Waals surface area contributed by atoms with Gasteiger partial charge < -0.3 is 9.40 Å². The van der Waals surface area contributed by atoms with Crippen LogP contribution >= 0.6 is 11.3 Å². The van der Waals surface area contributed by atoms with E-state index >= 15 is 0 Å². The number of aryl methyl sites for hydroxylation is 2. The van der Waals surface area contributed by atoms with Crippen LogP contribution in [0, 0.1) is 19.8 Å². The predicted octanol–water partition coefficient (Wildman–Crippen LogP) is 8.42. The van der Waals surface area contributed by atoms with Gasteiger partial charge in [-0.15, -0.1) is 47.2 Å². The first kappa shape index (κ1) is 21.4. The van der Waals surface area contributed by atoms with Crippen LogP contribution in [0.15, 0.2) is 101 Å². The van der Waals surface area contributed by atoms with Gasteiger partial charge in [-0.3, -0.25) is 4.98 Å². The van der Waals surface area contributed by atoms with Gasteiger partial charge in [-0.05, 0) is 60.7 Å². The summed E-state index contributed by atoms with van der Waals surface area (Å²) in [5.74, 6) is 0. The van der Waals surface area contributed by atoms with E-state index in [0.29, 0.717) is 11.3 Å². The molecule has 0 spiro atoms. The van der Waals surface area contributed by atoms with Crippen LogP contribution in [-0.4, -0.2) is 15.0 Å². The molecule has 0 amide bonds. The van der Waals surface area contributed by atoms with Crippen LogP contribution in [-0.2, 0) is 20.1 Å². The number of furan rings is 1. The number of nitrogens with zero attached hydrogens (tertiary/aromatic N) is 3. The molecule has 0 fully saturated rings. The van der Waals surface area contributed by atoms with Crippen molar-refractivity contribution in [2.75, 3.05) is 0 Å². The van der Waals surface area contributed by atoms with E-state index in [2.05, 4.69) is 27.1 Å². The quantitative estimate of drug-likeness (QED) is 0.172. The van der Waals surface area contributed by atoms with Crippen LogP contribution in [0.1, 0.15) is 15.4 Å². The summed E-state index contributed by atoms with van der Waals surface area (Å²) in [5, 5.41) is 4.85. The van der Waals surface area contributed by atoms with Gasteiger partial charge in [-0.1, -0.05) is 24.3 Å². The molecule has 0 saturated carbocycles. The Hall–Kier alpha value is -3.70. The number of hydrogen-bond acceptors (Lipinski definition) is 5. The Kier molecular flexibility index (Phi) is 6.20. The third-order valence-electron chi connectivity index (χ3n) is 5.87. The second kappa shape index (κ2) is 10.7. The molecule has 6 heteroatoms. The molecule has 37 heavy (non-hydrogen) atoms. The molecule has 5 heterocycles. The minimum Gasteiger partial charge on any atom is -0.437 e. The number of para-hydroxylation sites is 1. The molecule has 1 radical (unpaired) electrons. The Morgan fingerprint density at radius 3 is 2.62 bits per heavy atom. The van der Waals surface area contributed by atoms with Crippen LogP contribution in [0.5, 0.6) is 0 Å². The average molecular weight is 680 g/mol. The van der Waals surface area contributed by atoms with Crippen LogP contribution < -0.4 is 0 Å². The average Bonchev–Trinajstić information content (AvgIpc) is 3.57. The van der Waals surface area contributed by atoms with Gasteiger partial charge in [0.2, 0.25) is 5.71 Å². The molecule has 5 aromatic heterocycles. The molecule has 0 bridgehead atoms. The van der Waals surface area contributed by atoms with Crippen LogP contribution in [0.4, 0.5) is 0 Å². The number of pyridine rings is 3. The molecule has 0 atom stereocenters. The van der Waals surface area contributed by atoms with Gasteiger partial charge in [0.05, 0.1) is 5.69 Å². The molecule has 4 nitrogen and oxygen atoms in total. The summed E-state index contributed by atoms with van der Waals surface area (Å²) in [6.07, 6.45) is 3.73. The molecule has 183 valence electrons. The van der Waals surface area contributed by atoms with E-state index in [0.717, 1.165) is 43.4 Å². The fraction of sp³-hybridized carbons (Fsp3) is 0.0645. The number of benzene rings is 2. The molecule has 0 aliphatic heterocycles. The summed E-state index contributed by atoms with van der Waals surface area (Å²) < 4.78 is 29.8. The Bertz CT molecular complexity index is 1920. The summed E-state index contributed by atoms with van der Waals surface area (Å²) in [4.78, 5) is 13.1. The first-order valence-electron chi connectivity index (χ1n) is 12.9. The van der Waals surface area contributed by atoms with Crippen molar-refractivity contribution in [2.24, 2.45) is 0 Å². The normalized spacial score (nSPS) is 12.3. The number of aromatic nitrogens is 3. The van der Waals surface area contributed by atoms with Crippen molar-refractivity contribution in [2.45, 2.75) is 13.8 Å². The minimum absolute atomic E-state index is 0. The summed E-state index contributed by atoms with van der Waals surface area (Å²) in [5.41, 5.74) is 5.92. The Balaban J connectivity index is 0.000000195. The third-order valence-corrected chi connectivity index (χ3v) is 6.75. The molecule has 0 N–H and O–H groups in total. The van der Waals surface area contributed by atoms with Crippen LogP contribution in [0.2, 0.25) is 0 Å². The van der Waals surface area contributed by atoms with Crippen molar-refractivity contribution in [1.82, 2.24) is 15.0 Å². The first-order valence-corrected chi connectivity index (χ1v) is 12.3. The number of fused-ring (bicyclic) bond motifs is 4. The van der Waals surface area contributed by atoms with Crippen molar-refractivity contribution < 1.29 is 28.6 Å². The van der Waals surface area contributed by atoms with Crippen LogP contribution in [0.3, 0.4) is 0 Å². The van der Waals surface area contributed by atoms with Crippen molar-refractivity contribution in [3.63, 3.8) is 0 Å². The fourth-order valence-electron chi connectivity index (χ4n) is 4.06. The topological polar surface area (TPSA) is 51.8 Å². The van der Waals surface area contributed by atoms with Crippen molar-refractivity contribution in [3.05, 3.63) is 114 Å². The van der Waals surface area contributed by atoms with E-state index in [4.69, 9.17) is 8.53 Å². The smallest absolute Gasteiger partial charge is 0.227 e. The van der Waals surface area contributed by atoms with Gasteiger partial charge in [-0.25, -0.2) is 4.98 Å². The van der Waals surface area contributed by atoms with Gasteiger partial charge >= 0.3 is 0 Å². The summed E-state index contributed by atoms with van der Waals surface area (Å²) in [6, 6.07) is 28.3. The SMILES string of the molecule is Cc1ccc(-c2[c-]cccc2)nc1.[2H]C([2H])([2H])c1ccc2c(n1)oc1c(-c3cc4sccc4cn3)cccc12.[Ir]. The molecule has 7 rings (SSSR count). The fourth-order valence-corrected chi connectivity index (χ4v) is 4.86. The zero-order valence-electron chi connectivity index (χ0n) is 22.7. The van der Waals surface area contributed by atoms with Gasteiger partial charge in [0.25, 0.3) is 0 Å². The largest absolute Gasteiger partial charge is 0.437 e. The minimum atomic E-state index is -2.26. The Morgan fingerprint density at radius 1 is 0.892 bits per heavy atom. The summed E-state index contributed by atoms with van der Waals surface area (Å²) in [7, 11) is 0. The number of hydrogen-bond donors (Lipinski definition) is 0. The predicted molar refractivity (Wildman–Crippen MR) is 148 cm³/mol.